The maximum Gasteiger partial charge on any atom is 0.306 e. The van der Waals surface area contributed by atoms with E-state index >= 15 is 0 Å². The summed E-state index contributed by atoms with van der Waals surface area (Å²) in [6, 6.07) is 0. The first kappa shape index (κ1) is 86.0. The molecule has 502 valence electrons. The van der Waals surface area contributed by atoms with Crippen LogP contribution in [0.2, 0.25) is 0 Å². The first-order valence-electron chi connectivity index (χ1n) is 37.1. The summed E-state index contributed by atoms with van der Waals surface area (Å²) in [6.45, 7) is 13.6. The predicted octanol–water partition coefficient (Wildman–Crippen LogP) is 22.9. The van der Waals surface area contributed by atoms with E-state index in [1.54, 1.807) is 0 Å². The second kappa shape index (κ2) is 75.1. The smallest absolute Gasteiger partial charge is 0.306 e. The van der Waals surface area contributed by atoms with E-state index in [1.807, 2.05) is 13.8 Å². The lowest BCUT2D eigenvalue weighted by molar-refractivity contribution is -0.150. The highest BCUT2D eigenvalue weighted by Gasteiger charge is 2.15. The van der Waals surface area contributed by atoms with Gasteiger partial charge >= 0.3 is 23.9 Å². The van der Waals surface area contributed by atoms with Crippen molar-refractivity contribution < 1.29 is 48.7 Å². The largest absolute Gasteiger partial charge is 0.481 e. The maximum atomic E-state index is 12.5. The molecule has 0 radical (unpaired) electrons. The molecule has 0 spiro atoms. The van der Waals surface area contributed by atoms with Crippen molar-refractivity contribution in [1.29, 1.82) is 0 Å². The van der Waals surface area contributed by atoms with Gasteiger partial charge in [-0.05, 0) is 90.9 Å². The summed E-state index contributed by atoms with van der Waals surface area (Å²) in [7, 11) is 0. The highest BCUT2D eigenvalue weighted by atomic mass is 16.5. The molecule has 0 aromatic carbocycles. The minimum Gasteiger partial charge on any atom is -0.481 e. The number of hydrogen-bond acceptors (Lipinski definition) is 9. The topological polar surface area (TPSA) is 157 Å². The summed E-state index contributed by atoms with van der Waals surface area (Å²) >= 11 is 0. The number of ether oxygens (including phenoxy) is 3. The molecule has 0 rings (SSSR count). The number of carboxylic acid groups (broad SMARTS) is 1. The Labute approximate surface area is 522 Å². The van der Waals surface area contributed by atoms with Gasteiger partial charge in [-0.1, -0.05) is 304 Å². The van der Waals surface area contributed by atoms with Gasteiger partial charge in [0.05, 0.1) is 25.4 Å². The molecule has 0 bridgehead atoms. The zero-order chi connectivity index (χ0) is 62.3. The summed E-state index contributed by atoms with van der Waals surface area (Å²) in [4.78, 5) is 45.4. The molecule has 0 aromatic rings. The lowest BCUT2D eigenvalue weighted by Gasteiger charge is -2.18. The molecule has 0 aliphatic rings. The van der Waals surface area contributed by atoms with Crippen molar-refractivity contribution in [2.75, 3.05) is 13.2 Å². The van der Waals surface area contributed by atoms with Gasteiger partial charge in [0.25, 0.3) is 0 Å². The van der Waals surface area contributed by atoms with Gasteiger partial charge in [-0.2, -0.15) is 0 Å². The zero-order valence-corrected chi connectivity index (χ0v) is 57.1. The van der Waals surface area contributed by atoms with E-state index in [9.17, 15) is 29.4 Å². The van der Waals surface area contributed by atoms with E-state index < -0.39 is 5.97 Å². The SMILES string of the molecule is CCCCCCC(O)CCCCCCCCCCC(=O)O.CCCCCCC(O)CCCCCCCCCCC(=O)OCC.CCCCCCCCCCCCCCCC(=O)OC(CCCCCC)CCCCCCCCCCC(=O)OCC. The predicted molar refractivity (Wildman–Crippen MR) is 358 cm³/mol. The first-order valence-corrected chi connectivity index (χ1v) is 37.1. The minimum absolute atomic E-state index is 0.0337. The van der Waals surface area contributed by atoms with Crippen molar-refractivity contribution in [3.8, 4) is 0 Å². The Balaban J connectivity index is -0.00000127. The van der Waals surface area contributed by atoms with Gasteiger partial charge in [0.1, 0.15) is 6.10 Å². The van der Waals surface area contributed by atoms with Crippen LogP contribution in [-0.4, -0.2) is 70.7 Å². The third-order valence-electron chi connectivity index (χ3n) is 16.6. The molecule has 0 amide bonds. The van der Waals surface area contributed by atoms with Gasteiger partial charge in [0.2, 0.25) is 0 Å². The quantitative estimate of drug-likeness (QED) is 0.0304. The molecule has 0 aliphatic heterocycles. The summed E-state index contributed by atoms with van der Waals surface area (Å²) in [5, 5.41) is 28.3. The molecule has 0 aromatic heterocycles. The summed E-state index contributed by atoms with van der Waals surface area (Å²) < 4.78 is 15.9. The number of hydrogen-bond donors (Lipinski definition) is 3. The Hall–Kier alpha value is -2.20. The lowest BCUT2D eigenvalue weighted by atomic mass is 10.0. The molecule has 10 heteroatoms. The first-order chi connectivity index (χ1) is 41.0. The van der Waals surface area contributed by atoms with Gasteiger partial charge in [-0.15, -0.1) is 0 Å². The van der Waals surface area contributed by atoms with E-state index in [1.165, 1.54) is 238 Å². The molecule has 3 unspecified atom stereocenters. The second-order valence-corrected chi connectivity index (χ2v) is 25.1. The number of aliphatic hydroxyl groups is 2. The maximum absolute atomic E-state index is 12.5. The molecule has 3 atom stereocenters. The summed E-state index contributed by atoms with van der Waals surface area (Å²) in [5.74, 6) is -0.757. The van der Waals surface area contributed by atoms with Crippen LogP contribution in [0.3, 0.4) is 0 Å². The van der Waals surface area contributed by atoms with Gasteiger partial charge in [0, 0.05) is 25.7 Å². The van der Waals surface area contributed by atoms with E-state index in [0.717, 1.165) is 116 Å². The molecule has 10 nitrogen and oxygen atoms in total. The van der Waals surface area contributed by atoms with Gasteiger partial charge < -0.3 is 29.5 Å². The number of unbranched alkanes of at least 4 members (excludes halogenated alkanes) is 42. The van der Waals surface area contributed by atoms with E-state index in [-0.39, 0.29) is 36.2 Å². The number of aliphatic hydroxyl groups excluding tert-OH is 2. The number of carboxylic acids is 1. The van der Waals surface area contributed by atoms with Crippen LogP contribution in [0.15, 0.2) is 0 Å². The van der Waals surface area contributed by atoms with Crippen LogP contribution >= 0.6 is 0 Å². The minimum atomic E-state index is -0.678. The number of aliphatic carboxylic acids is 1. The Kier molecular flexibility index (Phi) is 76.8. The number of carbonyl (C=O) groups is 4. The third-order valence-corrected chi connectivity index (χ3v) is 16.6. The van der Waals surface area contributed by atoms with Crippen LogP contribution < -0.4 is 0 Å². The van der Waals surface area contributed by atoms with E-state index in [4.69, 9.17) is 19.3 Å². The summed E-state index contributed by atoms with van der Waals surface area (Å²) in [6.07, 6.45) is 68.3. The molecule has 0 saturated carbocycles. The van der Waals surface area contributed by atoms with Crippen molar-refractivity contribution >= 4 is 23.9 Å². The van der Waals surface area contributed by atoms with Crippen LogP contribution in [0.5, 0.6) is 0 Å². The molecule has 0 saturated heterocycles. The molecule has 0 aliphatic carbocycles. The van der Waals surface area contributed by atoms with Crippen LogP contribution in [0, 0.1) is 0 Å². The van der Waals surface area contributed by atoms with Crippen LogP contribution in [-0.2, 0) is 33.4 Å². The number of carbonyl (C=O) groups excluding carboxylic acids is 3. The Bertz CT molecular complexity index is 1310. The average molecular weight is 1200 g/mol. The number of rotatable bonds is 65. The average Bonchev–Trinajstić information content (AvgIpc) is 3.47. The fourth-order valence-electron chi connectivity index (χ4n) is 11.1. The van der Waals surface area contributed by atoms with Crippen molar-refractivity contribution in [2.45, 2.75) is 439 Å². The highest BCUT2D eigenvalue weighted by Crippen LogP contribution is 2.21. The van der Waals surface area contributed by atoms with Gasteiger partial charge in [-0.25, -0.2) is 0 Å². The number of esters is 3. The van der Waals surface area contributed by atoms with Crippen molar-refractivity contribution in [3.63, 3.8) is 0 Å². The molecule has 84 heavy (non-hydrogen) atoms. The Morgan fingerprint density at radius 2 is 0.464 bits per heavy atom. The fraction of sp³-hybridized carbons (Fsp3) is 0.946. The second-order valence-electron chi connectivity index (χ2n) is 25.1. The van der Waals surface area contributed by atoms with Gasteiger partial charge in [-0.3, -0.25) is 19.2 Å². The summed E-state index contributed by atoms with van der Waals surface area (Å²) in [5.41, 5.74) is 0. The van der Waals surface area contributed by atoms with Crippen LogP contribution in [0.1, 0.15) is 420 Å². The normalized spacial score (nSPS) is 12.2. The molecular weight excluding hydrogens is 1050 g/mol. The highest BCUT2D eigenvalue weighted by molar-refractivity contribution is 5.70. The van der Waals surface area contributed by atoms with Crippen LogP contribution in [0.25, 0.3) is 0 Å². The standard InChI is InChI=1S/C36H70O4.C20H40O3.C18H36O3/c1-4-7-9-11-12-13-14-15-16-17-22-25-29-33-36(38)40-34(30-26-10-8-5-2)31-27-23-20-18-19-21-24-28-32-35(37)39-6-3;1-3-5-6-13-16-19(21)17-14-11-9-7-8-10-12-15-18-20(22)23-4-2;1-2-3-4-11-14-17(19)15-12-9-7-5-6-8-10-13-16-18(20)21/h34H,4-33H2,1-3H3;19,21H,3-18H2,1-2H3;17,19H,2-16H2,1H3,(H,20,21). The molecule has 3 N–H and O–H groups in total. The van der Waals surface area contributed by atoms with Crippen molar-refractivity contribution in [1.82, 2.24) is 0 Å². The molecule has 0 fully saturated rings. The van der Waals surface area contributed by atoms with E-state index in [2.05, 4.69) is 27.7 Å². The van der Waals surface area contributed by atoms with Crippen LogP contribution in [0.4, 0.5) is 0 Å². The monoisotopic (exact) mass is 1200 g/mol. The van der Waals surface area contributed by atoms with Gasteiger partial charge in [0.15, 0.2) is 0 Å². The molecule has 0 heterocycles. The molecular formula is C74H146O10. The Morgan fingerprint density at radius 1 is 0.262 bits per heavy atom. The zero-order valence-electron chi connectivity index (χ0n) is 57.1. The van der Waals surface area contributed by atoms with Crippen molar-refractivity contribution in [3.05, 3.63) is 0 Å². The van der Waals surface area contributed by atoms with E-state index in [0.29, 0.717) is 38.9 Å². The fourth-order valence-corrected chi connectivity index (χ4v) is 11.1. The van der Waals surface area contributed by atoms with Crippen molar-refractivity contribution in [2.24, 2.45) is 0 Å². The third kappa shape index (κ3) is 77.8. The Morgan fingerprint density at radius 3 is 0.714 bits per heavy atom. The lowest BCUT2D eigenvalue weighted by Crippen LogP contribution is -2.18.